The van der Waals surface area contributed by atoms with Crippen LogP contribution in [0.5, 0.6) is 0 Å². The van der Waals surface area contributed by atoms with Crippen LogP contribution >= 0.6 is 0 Å². The van der Waals surface area contributed by atoms with Gasteiger partial charge in [0.15, 0.2) is 0 Å². The van der Waals surface area contributed by atoms with E-state index >= 15 is 0 Å². The maximum Gasteiger partial charge on any atom is 0.0628 e. The molecule has 0 saturated heterocycles. The van der Waals surface area contributed by atoms with Gasteiger partial charge in [-0.05, 0) is 25.8 Å². The molecule has 0 saturated carbocycles. The third-order valence-corrected chi connectivity index (χ3v) is 2.53. The maximum atomic E-state index is 8.85. The predicted octanol–water partition coefficient (Wildman–Crippen LogP) is 0.382. The quantitative estimate of drug-likeness (QED) is 0.733. The summed E-state index contributed by atoms with van der Waals surface area (Å²) in [6, 6.07) is -0.224. The van der Waals surface area contributed by atoms with E-state index < -0.39 is 0 Å². The highest BCUT2D eigenvalue weighted by molar-refractivity contribution is 5.24. The topological polar surface area (TPSA) is 64.1 Å². The molecule has 1 atom stereocenters. The van der Waals surface area contributed by atoms with Gasteiger partial charge in [0, 0.05) is 11.7 Å². The Morgan fingerprint density at radius 2 is 2.14 bits per heavy atom. The van der Waals surface area contributed by atoms with Gasteiger partial charge in [-0.3, -0.25) is 4.68 Å². The molecule has 1 heterocycles. The van der Waals surface area contributed by atoms with Crippen LogP contribution in [-0.2, 0) is 13.0 Å². The molecule has 1 aromatic rings. The van der Waals surface area contributed by atoms with Gasteiger partial charge < -0.3 is 10.8 Å². The van der Waals surface area contributed by atoms with Crippen molar-refractivity contribution < 1.29 is 5.11 Å². The summed E-state index contributed by atoms with van der Waals surface area (Å²) in [5.41, 5.74) is 9.18. The highest BCUT2D eigenvalue weighted by Crippen LogP contribution is 2.13. The number of hydrogen-bond acceptors (Lipinski definition) is 3. The van der Waals surface area contributed by atoms with E-state index in [1.807, 2.05) is 18.5 Å². The first kappa shape index (κ1) is 11.2. The highest BCUT2D eigenvalue weighted by atomic mass is 16.3. The number of aromatic nitrogens is 2. The molecule has 0 radical (unpaired) electrons. The summed E-state index contributed by atoms with van der Waals surface area (Å²) in [6.45, 7) is 6.76. The molecule has 4 heteroatoms. The smallest absolute Gasteiger partial charge is 0.0628 e. The van der Waals surface area contributed by atoms with Gasteiger partial charge >= 0.3 is 0 Å². The molecule has 1 unspecified atom stereocenters. The molecule has 0 aromatic carbocycles. The summed E-state index contributed by atoms with van der Waals surface area (Å²) in [5.74, 6) is 0. The average Bonchev–Trinajstić information content (AvgIpc) is 2.42. The van der Waals surface area contributed by atoms with E-state index in [2.05, 4.69) is 12.0 Å². The second-order valence-electron chi connectivity index (χ2n) is 3.63. The lowest BCUT2D eigenvalue weighted by molar-refractivity contribution is 0.250. The predicted molar refractivity (Wildman–Crippen MR) is 56.1 cm³/mol. The van der Waals surface area contributed by atoms with Crippen LogP contribution in [0, 0.1) is 13.8 Å². The van der Waals surface area contributed by atoms with Gasteiger partial charge in [-0.2, -0.15) is 5.10 Å². The van der Waals surface area contributed by atoms with Crippen LogP contribution in [-0.4, -0.2) is 27.5 Å². The van der Waals surface area contributed by atoms with Crippen LogP contribution < -0.4 is 5.73 Å². The van der Waals surface area contributed by atoms with Crippen LogP contribution in [0.15, 0.2) is 0 Å². The number of aliphatic hydroxyl groups excluding tert-OH is 1. The first-order chi connectivity index (χ1) is 6.60. The molecule has 80 valence electrons. The Morgan fingerprint density at radius 3 is 2.57 bits per heavy atom. The molecule has 0 aliphatic heterocycles. The zero-order valence-electron chi connectivity index (χ0n) is 9.12. The number of rotatable bonds is 4. The minimum absolute atomic E-state index is 0.000193. The molecule has 0 fully saturated rings. The zero-order valence-corrected chi connectivity index (χ0v) is 9.12. The van der Waals surface area contributed by atoms with Crippen LogP contribution in [0.3, 0.4) is 0 Å². The first-order valence-corrected chi connectivity index (χ1v) is 4.99. The van der Waals surface area contributed by atoms with Crippen molar-refractivity contribution >= 4 is 0 Å². The van der Waals surface area contributed by atoms with Crippen LogP contribution in [0.1, 0.15) is 23.9 Å². The van der Waals surface area contributed by atoms with Crippen molar-refractivity contribution in [2.45, 2.75) is 39.8 Å². The molecule has 0 amide bonds. The van der Waals surface area contributed by atoms with Crippen molar-refractivity contribution in [1.82, 2.24) is 9.78 Å². The second-order valence-corrected chi connectivity index (χ2v) is 3.63. The van der Waals surface area contributed by atoms with E-state index in [0.717, 1.165) is 17.8 Å². The van der Waals surface area contributed by atoms with Crippen LogP contribution in [0.2, 0.25) is 0 Å². The third-order valence-electron chi connectivity index (χ3n) is 2.53. The second kappa shape index (κ2) is 4.57. The van der Waals surface area contributed by atoms with Gasteiger partial charge in [0.05, 0.1) is 18.8 Å². The minimum Gasteiger partial charge on any atom is -0.395 e. The minimum atomic E-state index is -0.224. The van der Waals surface area contributed by atoms with Gasteiger partial charge in [0.1, 0.15) is 0 Å². The lowest BCUT2D eigenvalue weighted by Gasteiger charge is -2.09. The van der Waals surface area contributed by atoms with E-state index in [1.165, 1.54) is 5.56 Å². The number of aryl methyl sites for hydroxylation is 1. The van der Waals surface area contributed by atoms with Gasteiger partial charge in [-0.15, -0.1) is 0 Å². The summed E-state index contributed by atoms with van der Waals surface area (Å²) in [4.78, 5) is 0. The Bertz CT molecular complexity index is 307. The van der Waals surface area contributed by atoms with Gasteiger partial charge in [0.25, 0.3) is 0 Å². The Morgan fingerprint density at radius 1 is 1.50 bits per heavy atom. The maximum absolute atomic E-state index is 8.85. The van der Waals surface area contributed by atoms with Crippen molar-refractivity contribution in [1.29, 1.82) is 0 Å². The summed E-state index contributed by atoms with van der Waals surface area (Å²) in [5, 5.41) is 13.2. The highest BCUT2D eigenvalue weighted by Gasteiger charge is 2.11. The molecule has 1 aromatic heterocycles. The molecule has 4 nitrogen and oxygen atoms in total. The molecular formula is C10H19N3O. The Labute approximate surface area is 84.7 Å². The fourth-order valence-corrected chi connectivity index (χ4v) is 1.70. The van der Waals surface area contributed by atoms with E-state index in [-0.39, 0.29) is 12.6 Å². The molecule has 0 aliphatic carbocycles. The van der Waals surface area contributed by atoms with Gasteiger partial charge in [0.2, 0.25) is 0 Å². The summed E-state index contributed by atoms with van der Waals surface area (Å²) in [6.07, 6.45) is 0.992. The normalized spacial score (nSPS) is 13.2. The Kier molecular flexibility index (Phi) is 3.66. The third kappa shape index (κ3) is 2.13. The summed E-state index contributed by atoms with van der Waals surface area (Å²) < 4.78 is 1.88. The lowest BCUT2D eigenvalue weighted by atomic mass is 10.1. The molecule has 14 heavy (non-hydrogen) atoms. The van der Waals surface area contributed by atoms with Crippen LogP contribution in [0.4, 0.5) is 0 Å². The van der Waals surface area contributed by atoms with Crippen molar-refractivity contribution in [3.63, 3.8) is 0 Å². The number of nitrogens with zero attached hydrogens (tertiary/aromatic N) is 2. The van der Waals surface area contributed by atoms with E-state index in [4.69, 9.17) is 10.8 Å². The fourth-order valence-electron chi connectivity index (χ4n) is 1.70. The summed E-state index contributed by atoms with van der Waals surface area (Å²) in [7, 11) is 0. The molecule has 3 N–H and O–H groups in total. The first-order valence-electron chi connectivity index (χ1n) is 4.99. The Balaban J connectivity index is 2.88. The molecule has 0 bridgehead atoms. The Hall–Kier alpha value is -0.870. The van der Waals surface area contributed by atoms with Crippen molar-refractivity contribution in [3.8, 4) is 0 Å². The average molecular weight is 197 g/mol. The van der Waals surface area contributed by atoms with E-state index in [1.54, 1.807) is 0 Å². The summed E-state index contributed by atoms with van der Waals surface area (Å²) >= 11 is 0. The van der Waals surface area contributed by atoms with Gasteiger partial charge in [-0.25, -0.2) is 0 Å². The zero-order chi connectivity index (χ0) is 10.7. The van der Waals surface area contributed by atoms with E-state index in [9.17, 15) is 0 Å². The number of aliphatic hydroxyl groups is 1. The van der Waals surface area contributed by atoms with Crippen molar-refractivity contribution in [2.75, 3.05) is 6.61 Å². The molecule has 0 aliphatic rings. The van der Waals surface area contributed by atoms with Gasteiger partial charge in [-0.1, -0.05) is 6.92 Å². The molecule has 0 spiro atoms. The van der Waals surface area contributed by atoms with E-state index in [0.29, 0.717) is 6.54 Å². The number of nitrogens with two attached hydrogens (primary N) is 1. The van der Waals surface area contributed by atoms with Crippen molar-refractivity contribution in [3.05, 3.63) is 17.0 Å². The standard InChI is InChI=1S/C10H19N3O/c1-4-10-7(2)12-13(8(10)3)5-9(11)6-14/h9,14H,4-6,11H2,1-3H3. The molecular weight excluding hydrogens is 178 g/mol. The monoisotopic (exact) mass is 197 g/mol. The SMILES string of the molecule is CCc1c(C)nn(CC(N)CO)c1C. The molecule has 1 rings (SSSR count). The van der Waals surface area contributed by atoms with Crippen molar-refractivity contribution in [2.24, 2.45) is 5.73 Å². The number of hydrogen-bond donors (Lipinski definition) is 2. The lowest BCUT2D eigenvalue weighted by Crippen LogP contribution is -2.30. The largest absolute Gasteiger partial charge is 0.395 e. The van der Waals surface area contributed by atoms with Crippen LogP contribution in [0.25, 0.3) is 0 Å². The fraction of sp³-hybridized carbons (Fsp3) is 0.700.